The molecule has 17 heavy (non-hydrogen) atoms. The maximum atomic E-state index is 11.3. The number of phenols is 1. The number of hydrogen-bond acceptors (Lipinski definition) is 3. The van der Waals surface area contributed by atoms with Crippen LogP contribution in [0.3, 0.4) is 0 Å². The Morgan fingerprint density at radius 3 is 2.94 bits per heavy atom. The van der Waals surface area contributed by atoms with Crippen LogP contribution in [-0.4, -0.2) is 17.8 Å². The molecule has 2 aromatic rings. The summed E-state index contributed by atoms with van der Waals surface area (Å²) in [7, 11) is 0. The summed E-state index contributed by atoms with van der Waals surface area (Å²) in [6, 6.07) is 10.4. The summed E-state index contributed by atoms with van der Waals surface area (Å²) in [6.07, 6.45) is -0.479. The molecule has 0 radical (unpaired) electrons. The number of benzene rings is 2. The standard InChI is InChI=1S/C13H13NO3/c1-2-17-13(16)14-12-5-3-4-9-8-10(15)6-7-11(9)12/h3-8,15H,2H2,1H3,(H,14,16). The molecule has 0 atom stereocenters. The highest BCUT2D eigenvalue weighted by atomic mass is 16.5. The first-order chi connectivity index (χ1) is 8.20. The van der Waals surface area contributed by atoms with E-state index in [4.69, 9.17) is 4.74 Å². The van der Waals surface area contributed by atoms with Crippen molar-refractivity contribution in [1.82, 2.24) is 0 Å². The molecular weight excluding hydrogens is 218 g/mol. The molecule has 0 aliphatic rings. The number of aromatic hydroxyl groups is 1. The van der Waals surface area contributed by atoms with Crippen molar-refractivity contribution in [2.24, 2.45) is 0 Å². The van der Waals surface area contributed by atoms with E-state index in [2.05, 4.69) is 5.32 Å². The van der Waals surface area contributed by atoms with E-state index >= 15 is 0 Å². The summed E-state index contributed by atoms with van der Waals surface area (Å²) in [4.78, 5) is 11.3. The Morgan fingerprint density at radius 1 is 1.35 bits per heavy atom. The van der Waals surface area contributed by atoms with E-state index in [1.807, 2.05) is 12.1 Å². The minimum absolute atomic E-state index is 0.200. The maximum absolute atomic E-state index is 11.3. The highest BCUT2D eigenvalue weighted by Crippen LogP contribution is 2.26. The lowest BCUT2D eigenvalue weighted by atomic mass is 10.1. The number of phenolic OH excluding ortho intramolecular Hbond substituents is 1. The predicted octanol–water partition coefficient (Wildman–Crippen LogP) is 3.11. The zero-order valence-electron chi connectivity index (χ0n) is 9.43. The second-order valence-corrected chi connectivity index (χ2v) is 3.56. The number of ether oxygens (including phenoxy) is 1. The van der Waals surface area contributed by atoms with Gasteiger partial charge in [0.2, 0.25) is 0 Å². The van der Waals surface area contributed by atoms with E-state index in [0.29, 0.717) is 12.3 Å². The van der Waals surface area contributed by atoms with E-state index in [1.165, 1.54) is 0 Å². The van der Waals surface area contributed by atoms with Gasteiger partial charge in [-0.25, -0.2) is 4.79 Å². The van der Waals surface area contributed by atoms with E-state index < -0.39 is 6.09 Å². The van der Waals surface area contributed by atoms with Crippen LogP contribution in [-0.2, 0) is 4.74 Å². The summed E-state index contributed by atoms with van der Waals surface area (Å²) in [6.45, 7) is 2.08. The fourth-order valence-corrected chi connectivity index (χ4v) is 1.66. The maximum Gasteiger partial charge on any atom is 0.411 e. The molecule has 0 bridgehead atoms. The lowest BCUT2D eigenvalue weighted by Gasteiger charge is -2.08. The lowest BCUT2D eigenvalue weighted by Crippen LogP contribution is -2.13. The second-order valence-electron chi connectivity index (χ2n) is 3.56. The van der Waals surface area contributed by atoms with Gasteiger partial charge in [0.1, 0.15) is 5.75 Å². The Morgan fingerprint density at radius 2 is 2.18 bits per heavy atom. The first-order valence-corrected chi connectivity index (χ1v) is 5.36. The van der Waals surface area contributed by atoms with Gasteiger partial charge in [-0.05, 0) is 36.6 Å². The third-order valence-corrected chi connectivity index (χ3v) is 2.38. The van der Waals surface area contributed by atoms with Crippen molar-refractivity contribution in [3.63, 3.8) is 0 Å². The topological polar surface area (TPSA) is 58.6 Å². The van der Waals surface area contributed by atoms with Gasteiger partial charge in [0.25, 0.3) is 0 Å². The van der Waals surface area contributed by atoms with Gasteiger partial charge >= 0.3 is 6.09 Å². The molecule has 2 rings (SSSR count). The number of anilines is 1. The molecule has 88 valence electrons. The number of fused-ring (bicyclic) bond motifs is 1. The molecule has 2 N–H and O–H groups in total. The zero-order chi connectivity index (χ0) is 12.3. The molecule has 4 nitrogen and oxygen atoms in total. The van der Waals surface area contributed by atoms with Crippen molar-refractivity contribution in [1.29, 1.82) is 0 Å². The van der Waals surface area contributed by atoms with Crippen LogP contribution in [0.2, 0.25) is 0 Å². The fraction of sp³-hybridized carbons (Fsp3) is 0.154. The molecule has 0 unspecified atom stereocenters. The summed E-state index contributed by atoms with van der Waals surface area (Å²) in [5, 5.41) is 13.8. The highest BCUT2D eigenvalue weighted by molar-refractivity contribution is 6.00. The molecule has 0 saturated heterocycles. The highest BCUT2D eigenvalue weighted by Gasteiger charge is 2.05. The molecule has 0 aromatic heterocycles. The van der Waals surface area contributed by atoms with E-state index in [-0.39, 0.29) is 5.75 Å². The number of carbonyl (C=O) groups is 1. The first-order valence-electron chi connectivity index (χ1n) is 5.36. The molecule has 0 spiro atoms. The molecule has 0 heterocycles. The van der Waals surface area contributed by atoms with Crippen LogP contribution in [0.1, 0.15) is 6.92 Å². The fourth-order valence-electron chi connectivity index (χ4n) is 1.66. The number of rotatable bonds is 2. The quantitative estimate of drug-likeness (QED) is 0.834. The minimum atomic E-state index is -0.479. The summed E-state index contributed by atoms with van der Waals surface area (Å²) in [5.41, 5.74) is 0.668. The molecule has 0 fully saturated rings. The normalized spacial score (nSPS) is 10.2. The van der Waals surface area contributed by atoms with E-state index in [9.17, 15) is 9.90 Å². The van der Waals surface area contributed by atoms with Crippen LogP contribution in [0.5, 0.6) is 5.75 Å². The monoisotopic (exact) mass is 231 g/mol. The van der Waals surface area contributed by atoms with Crippen LogP contribution in [0, 0.1) is 0 Å². The van der Waals surface area contributed by atoms with E-state index in [1.54, 1.807) is 31.2 Å². The Labute approximate surface area is 98.8 Å². The first kappa shape index (κ1) is 11.3. The van der Waals surface area contributed by atoms with Crippen LogP contribution >= 0.6 is 0 Å². The van der Waals surface area contributed by atoms with Gasteiger partial charge in [-0.15, -0.1) is 0 Å². The van der Waals surface area contributed by atoms with Crippen molar-refractivity contribution in [3.05, 3.63) is 36.4 Å². The van der Waals surface area contributed by atoms with E-state index in [0.717, 1.165) is 10.8 Å². The van der Waals surface area contributed by atoms with Crippen molar-refractivity contribution >= 4 is 22.6 Å². The number of amides is 1. The van der Waals surface area contributed by atoms with Crippen LogP contribution in [0.4, 0.5) is 10.5 Å². The van der Waals surface area contributed by atoms with Gasteiger partial charge in [0, 0.05) is 5.39 Å². The molecule has 0 aliphatic heterocycles. The van der Waals surface area contributed by atoms with Crippen molar-refractivity contribution in [2.45, 2.75) is 6.92 Å². The van der Waals surface area contributed by atoms with Crippen molar-refractivity contribution in [2.75, 3.05) is 11.9 Å². The zero-order valence-corrected chi connectivity index (χ0v) is 9.43. The minimum Gasteiger partial charge on any atom is -0.508 e. The summed E-state index contributed by atoms with van der Waals surface area (Å²) >= 11 is 0. The molecule has 0 aliphatic carbocycles. The van der Waals surface area contributed by atoms with Gasteiger partial charge < -0.3 is 9.84 Å². The van der Waals surface area contributed by atoms with Crippen LogP contribution in [0.25, 0.3) is 10.8 Å². The summed E-state index contributed by atoms with van der Waals surface area (Å²) in [5.74, 6) is 0.200. The third kappa shape index (κ3) is 2.47. The van der Waals surface area contributed by atoms with Crippen LogP contribution in [0.15, 0.2) is 36.4 Å². The average molecular weight is 231 g/mol. The van der Waals surface area contributed by atoms with Gasteiger partial charge in [-0.1, -0.05) is 12.1 Å². The number of hydrogen-bond donors (Lipinski definition) is 2. The molecule has 2 aromatic carbocycles. The smallest absolute Gasteiger partial charge is 0.411 e. The Bertz CT molecular complexity index is 551. The van der Waals surface area contributed by atoms with Gasteiger partial charge in [0.05, 0.1) is 12.3 Å². The molecule has 1 amide bonds. The van der Waals surface area contributed by atoms with Crippen molar-refractivity contribution in [3.8, 4) is 5.75 Å². The molecule has 4 heteroatoms. The lowest BCUT2D eigenvalue weighted by molar-refractivity contribution is 0.168. The predicted molar refractivity (Wildman–Crippen MR) is 66.3 cm³/mol. The Balaban J connectivity index is 2.37. The number of nitrogens with one attached hydrogen (secondary N) is 1. The van der Waals surface area contributed by atoms with Crippen LogP contribution < -0.4 is 5.32 Å². The Hall–Kier alpha value is -2.23. The second kappa shape index (κ2) is 4.74. The largest absolute Gasteiger partial charge is 0.508 e. The molecular formula is C13H13NO3. The Kier molecular flexibility index (Phi) is 3.14. The van der Waals surface area contributed by atoms with Gasteiger partial charge in [0.15, 0.2) is 0 Å². The summed E-state index contributed by atoms with van der Waals surface area (Å²) < 4.78 is 4.82. The van der Waals surface area contributed by atoms with Gasteiger partial charge in [-0.3, -0.25) is 5.32 Å². The average Bonchev–Trinajstić information content (AvgIpc) is 2.29. The number of carbonyl (C=O) groups excluding carboxylic acids is 1. The third-order valence-electron chi connectivity index (χ3n) is 2.38. The van der Waals surface area contributed by atoms with Crippen molar-refractivity contribution < 1.29 is 14.6 Å². The molecule has 0 saturated carbocycles. The SMILES string of the molecule is CCOC(=O)Nc1cccc2cc(O)ccc12. The van der Waals surface area contributed by atoms with Gasteiger partial charge in [-0.2, -0.15) is 0 Å².